The average Bonchev–Trinajstić information content (AvgIpc) is 3.50. The Bertz CT molecular complexity index is 849. The molecule has 1 aromatic heterocycles. The summed E-state index contributed by atoms with van der Waals surface area (Å²) in [5, 5.41) is 3.76. The largest absolute Gasteiger partial charge is 0.331 e. The molecule has 2 aromatic rings. The third-order valence-electron chi connectivity index (χ3n) is 4.99. The van der Waals surface area contributed by atoms with Crippen molar-refractivity contribution < 1.29 is 9.59 Å². The van der Waals surface area contributed by atoms with Gasteiger partial charge >= 0.3 is 0 Å². The quantitative estimate of drug-likeness (QED) is 0.815. The zero-order chi connectivity index (χ0) is 18.3. The highest BCUT2D eigenvalue weighted by Gasteiger charge is 2.35. The van der Waals surface area contributed by atoms with Crippen LogP contribution in [0.5, 0.6) is 0 Å². The van der Waals surface area contributed by atoms with Crippen LogP contribution >= 0.6 is 11.3 Å². The number of carbonyl (C=O) groups excluding carboxylic acids is 2. The van der Waals surface area contributed by atoms with Gasteiger partial charge in [-0.3, -0.25) is 9.59 Å². The second kappa shape index (κ2) is 6.88. The fourth-order valence-corrected chi connectivity index (χ4v) is 4.25. The molecule has 0 bridgehead atoms. The van der Waals surface area contributed by atoms with E-state index in [-0.39, 0.29) is 17.7 Å². The van der Waals surface area contributed by atoms with Gasteiger partial charge < -0.3 is 10.2 Å². The Morgan fingerprint density at radius 1 is 1.15 bits per heavy atom. The Labute approximate surface area is 158 Å². The Kier molecular flexibility index (Phi) is 4.57. The van der Waals surface area contributed by atoms with Crippen molar-refractivity contribution in [3.05, 3.63) is 51.9 Å². The number of nitrogens with one attached hydrogen (secondary N) is 1. The van der Waals surface area contributed by atoms with Crippen LogP contribution in [0.4, 0.5) is 5.00 Å². The van der Waals surface area contributed by atoms with E-state index in [0.717, 1.165) is 41.1 Å². The van der Waals surface area contributed by atoms with Gasteiger partial charge in [0.25, 0.3) is 5.91 Å². The molecule has 2 saturated carbocycles. The molecule has 4 rings (SSSR count). The van der Waals surface area contributed by atoms with Gasteiger partial charge in [-0.25, -0.2) is 0 Å². The normalized spacial score (nSPS) is 16.4. The molecule has 1 aromatic carbocycles. The fourth-order valence-electron chi connectivity index (χ4n) is 3.22. The summed E-state index contributed by atoms with van der Waals surface area (Å²) < 4.78 is 0. The van der Waals surface area contributed by atoms with E-state index in [4.69, 9.17) is 0 Å². The van der Waals surface area contributed by atoms with E-state index in [2.05, 4.69) is 30.4 Å². The lowest BCUT2D eigenvalue weighted by Gasteiger charge is -2.22. The molecule has 26 heavy (non-hydrogen) atoms. The van der Waals surface area contributed by atoms with E-state index in [1.54, 1.807) is 0 Å². The van der Waals surface area contributed by atoms with Crippen LogP contribution in [0.1, 0.15) is 52.0 Å². The number of anilines is 1. The Balaban J connectivity index is 1.52. The fraction of sp³-hybridized carbons (Fsp3) is 0.429. The minimum Gasteiger partial charge on any atom is -0.331 e. The van der Waals surface area contributed by atoms with Crippen LogP contribution < -0.4 is 5.32 Å². The van der Waals surface area contributed by atoms with Crippen molar-refractivity contribution in [2.24, 2.45) is 5.92 Å². The van der Waals surface area contributed by atoms with Crippen molar-refractivity contribution in [3.63, 3.8) is 0 Å². The summed E-state index contributed by atoms with van der Waals surface area (Å²) in [7, 11) is 0. The highest BCUT2D eigenvalue weighted by Crippen LogP contribution is 2.35. The van der Waals surface area contributed by atoms with Crippen molar-refractivity contribution in [1.29, 1.82) is 0 Å². The molecule has 2 aliphatic rings. The number of aryl methyl sites for hydroxylation is 2. The molecule has 0 saturated heterocycles. The summed E-state index contributed by atoms with van der Waals surface area (Å²) in [5.74, 6) is 0.341. The van der Waals surface area contributed by atoms with Gasteiger partial charge in [-0.05, 0) is 56.7 Å². The van der Waals surface area contributed by atoms with E-state index in [9.17, 15) is 9.59 Å². The molecule has 0 spiro atoms. The van der Waals surface area contributed by atoms with Crippen molar-refractivity contribution in [2.45, 2.75) is 52.1 Å². The van der Waals surface area contributed by atoms with Crippen LogP contribution in [0, 0.1) is 19.8 Å². The third kappa shape index (κ3) is 3.83. The van der Waals surface area contributed by atoms with Gasteiger partial charge in [-0.2, -0.15) is 0 Å². The van der Waals surface area contributed by atoms with Crippen LogP contribution in [-0.4, -0.2) is 22.8 Å². The second-order valence-electron chi connectivity index (χ2n) is 7.54. The highest BCUT2D eigenvalue weighted by atomic mass is 32.1. The first-order valence-electron chi connectivity index (χ1n) is 9.29. The number of thiophene rings is 1. The van der Waals surface area contributed by atoms with Crippen LogP contribution in [0.3, 0.4) is 0 Å². The molecule has 2 amide bonds. The zero-order valence-electron chi connectivity index (χ0n) is 15.2. The van der Waals surface area contributed by atoms with E-state index in [1.807, 2.05) is 24.0 Å². The molecule has 0 atom stereocenters. The van der Waals surface area contributed by atoms with Crippen LogP contribution in [-0.2, 0) is 11.3 Å². The maximum Gasteiger partial charge on any atom is 0.264 e. The molecule has 2 fully saturated rings. The van der Waals surface area contributed by atoms with Gasteiger partial charge in [-0.1, -0.05) is 29.8 Å². The number of carbonyl (C=O) groups is 2. The van der Waals surface area contributed by atoms with Gasteiger partial charge in [0.05, 0.1) is 9.88 Å². The maximum absolute atomic E-state index is 13.2. The summed E-state index contributed by atoms with van der Waals surface area (Å²) in [6.07, 6.45) is 4.11. The first-order chi connectivity index (χ1) is 12.5. The van der Waals surface area contributed by atoms with Gasteiger partial charge in [0, 0.05) is 18.5 Å². The monoisotopic (exact) mass is 368 g/mol. The van der Waals surface area contributed by atoms with E-state index >= 15 is 0 Å². The van der Waals surface area contributed by atoms with E-state index < -0.39 is 0 Å². The lowest BCUT2D eigenvalue weighted by atomic mass is 10.1. The first kappa shape index (κ1) is 17.3. The molecular formula is C21H24N2O2S. The topological polar surface area (TPSA) is 49.4 Å². The predicted molar refractivity (Wildman–Crippen MR) is 104 cm³/mol. The molecule has 1 heterocycles. The predicted octanol–water partition coefficient (Wildman–Crippen LogP) is 4.52. The molecule has 0 aliphatic heterocycles. The molecule has 4 nitrogen and oxygen atoms in total. The standard InChI is InChI=1S/C21H24N2O2S/c1-13-4-3-5-15(10-13)12-23(17-8-9-17)21(25)19-14(2)11-18(26-19)22-20(24)16-6-7-16/h3-5,10-11,16-17H,6-9,12H2,1-2H3,(H,22,24). The average molecular weight is 369 g/mol. The number of hydrogen-bond acceptors (Lipinski definition) is 3. The molecule has 2 aliphatic carbocycles. The Morgan fingerprint density at radius 2 is 1.92 bits per heavy atom. The van der Waals surface area contributed by atoms with Crippen molar-refractivity contribution in [1.82, 2.24) is 4.90 Å². The smallest absolute Gasteiger partial charge is 0.264 e. The van der Waals surface area contributed by atoms with Crippen LogP contribution in [0.25, 0.3) is 0 Å². The number of nitrogens with zero attached hydrogens (tertiary/aromatic N) is 1. The Hall–Kier alpha value is -2.14. The molecular weight excluding hydrogens is 344 g/mol. The summed E-state index contributed by atoms with van der Waals surface area (Å²) in [6.45, 7) is 4.67. The number of amides is 2. The molecule has 0 radical (unpaired) electrons. The van der Waals surface area contributed by atoms with Crippen LogP contribution in [0.15, 0.2) is 30.3 Å². The van der Waals surface area contributed by atoms with E-state index in [1.165, 1.54) is 22.5 Å². The highest BCUT2D eigenvalue weighted by molar-refractivity contribution is 7.18. The van der Waals surface area contributed by atoms with Gasteiger partial charge in [0.2, 0.25) is 5.91 Å². The zero-order valence-corrected chi connectivity index (χ0v) is 16.1. The van der Waals surface area contributed by atoms with Crippen molar-refractivity contribution in [2.75, 3.05) is 5.32 Å². The minimum atomic E-state index is 0.0865. The van der Waals surface area contributed by atoms with Crippen molar-refractivity contribution >= 4 is 28.2 Å². The SMILES string of the molecule is Cc1cccc(CN(C(=O)c2sc(NC(=O)C3CC3)cc2C)C2CC2)c1. The summed E-state index contributed by atoms with van der Waals surface area (Å²) in [6, 6.07) is 10.6. The minimum absolute atomic E-state index is 0.0865. The molecule has 136 valence electrons. The van der Waals surface area contributed by atoms with Crippen molar-refractivity contribution in [3.8, 4) is 0 Å². The van der Waals surface area contributed by atoms with E-state index in [0.29, 0.717) is 12.6 Å². The van der Waals surface area contributed by atoms with Gasteiger partial charge in [0.1, 0.15) is 0 Å². The maximum atomic E-state index is 13.2. The number of hydrogen-bond donors (Lipinski definition) is 1. The summed E-state index contributed by atoms with van der Waals surface area (Å²) >= 11 is 1.41. The molecule has 0 unspecified atom stereocenters. The van der Waals surface area contributed by atoms with Crippen LogP contribution in [0.2, 0.25) is 0 Å². The lowest BCUT2D eigenvalue weighted by molar-refractivity contribution is -0.117. The second-order valence-corrected chi connectivity index (χ2v) is 8.59. The molecule has 5 heteroatoms. The Morgan fingerprint density at radius 3 is 2.58 bits per heavy atom. The third-order valence-corrected chi connectivity index (χ3v) is 6.13. The molecule has 1 N–H and O–H groups in total. The van der Waals surface area contributed by atoms with Gasteiger partial charge in [0.15, 0.2) is 0 Å². The van der Waals surface area contributed by atoms with Gasteiger partial charge in [-0.15, -0.1) is 11.3 Å². The summed E-state index contributed by atoms with van der Waals surface area (Å²) in [5.41, 5.74) is 3.32. The number of benzene rings is 1. The first-order valence-corrected chi connectivity index (χ1v) is 10.1. The lowest BCUT2D eigenvalue weighted by Crippen LogP contribution is -2.32. The summed E-state index contributed by atoms with van der Waals surface area (Å²) in [4.78, 5) is 27.9. The number of rotatable bonds is 6.